The number of halogens is 2. The van der Waals surface area contributed by atoms with Gasteiger partial charge in [-0.05, 0) is 51.3 Å². The summed E-state index contributed by atoms with van der Waals surface area (Å²) >= 11 is 9.07. The van der Waals surface area contributed by atoms with Crippen LogP contribution in [0.3, 0.4) is 0 Å². The number of alkyl halides is 1. The molecule has 0 amide bonds. The van der Waals surface area contributed by atoms with Gasteiger partial charge in [0.15, 0.2) is 0 Å². The fourth-order valence-electron chi connectivity index (χ4n) is 1.83. The molecule has 7 heteroatoms. The third-order valence-electron chi connectivity index (χ3n) is 2.99. The number of hydrogen-bond acceptors (Lipinski definition) is 3. The van der Waals surface area contributed by atoms with Crippen LogP contribution in [0.4, 0.5) is 0 Å². The van der Waals surface area contributed by atoms with Crippen LogP contribution in [0.1, 0.15) is 11.1 Å². The van der Waals surface area contributed by atoms with Gasteiger partial charge in [0, 0.05) is 36.3 Å². The Balaban J connectivity index is 2.33. The van der Waals surface area contributed by atoms with Crippen LogP contribution in [0, 0.1) is 0 Å². The summed E-state index contributed by atoms with van der Waals surface area (Å²) < 4.78 is 27.2. The Kier molecular flexibility index (Phi) is 5.37. The van der Waals surface area contributed by atoms with Crippen LogP contribution in [0.25, 0.3) is 0 Å². The summed E-state index contributed by atoms with van der Waals surface area (Å²) in [4.78, 5) is 4.14. The van der Waals surface area contributed by atoms with Gasteiger partial charge in [-0.15, -0.1) is 11.6 Å². The van der Waals surface area contributed by atoms with Crippen molar-refractivity contribution in [3.05, 3.63) is 58.3 Å². The standard InChI is InChI=1S/C14H14BrClN2O2S/c1-18(10-11-4-6-17-7-5-11)21(19,20)14-8-12(9-16)2-3-13(14)15/h2-8H,9-10H2,1H3. The first-order valence-electron chi connectivity index (χ1n) is 6.15. The number of benzene rings is 1. The van der Waals surface area contributed by atoms with Gasteiger partial charge in [0.05, 0.1) is 4.90 Å². The first-order chi connectivity index (χ1) is 9.95. The van der Waals surface area contributed by atoms with Crippen molar-refractivity contribution < 1.29 is 8.42 Å². The minimum atomic E-state index is -3.59. The van der Waals surface area contributed by atoms with Crippen molar-refractivity contribution in [2.45, 2.75) is 17.3 Å². The smallest absolute Gasteiger partial charge is 0.244 e. The highest BCUT2D eigenvalue weighted by Gasteiger charge is 2.23. The summed E-state index contributed by atoms with van der Waals surface area (Å²) in [6.45, 7) is 0.280. The van der Waals surface area contributed by atoms with Crippen LogP contribution < -0.4 is 0 Å². The van der Waals surface area contributed by atoms with Crippen LogP contribution in [0.5, 0.6) is 0 Å². The highest BCUT2D eigenvalue weighted by molar-refractivity contribution is 9.10. The van der Waals surface area contributed by atoms with Crippen molar-refractivity contribution in [1.29, 1.82) is 0 Å². The molecule has 0 unspecified atom stereocenters. The Morgan fingerprint density at radius 3 is 2.48 bits per heavy atom. The summed E-state index contributed by atoms with van der Waals surface area (Å²) in [7, 11) is -2.04. The molecule has 1 aromatic heterocycles. The number of nitrogens with zero attached hydrogens (tertiary/aromatic N) is 2. The summed E-state index contributed by atoms with van der Waals surface area (Å²) in [5.74, 6) is 0.268. The van der Waals surface area contributed by atoms with Crippen LogP contribution >= 0.6 is 27.5 Å². The first-order valence-corrected chi connectivity index (χ1v) is 8.91. The van der Waals surface area contributed by atoms with Crippen molar-refractivity contribution in [2.75, 3.05) is 7.05 Å². The maximum Gasteiger partial charge on any atom is 0.244 e. The number of rotatable bonds is 5. The molecule has 2 rings (SSSR count). The lowest BCUT2D eigenvalue weighted by molar-refractivity contribution is 0.466. The molecule has 21 heavy (non-hydrogen) atoms. The summed E-state index contributed by atoms with van der Waals surface area (Å²) in [5.41, 5.74) is 1.64. The Bertz CT molecular complexity index is 723. The van der Waals surface area contributed by atoms with Crippen molar-refractivity contribution >= 4 is 37.6 Å². The fraction of sp³-hybridized carbons (Fsp3) is 0.214. The van der Waals surface area contributed by atoms with Crippen LogP contribution in [-0.4, -0.2) is 24.8 Å². The molecule has 0 atom stereocenters. The zero-order chi connectivity index (χ0) is 15.5. The molecule has 0 spiro atoms. The van der Waals surface area contributed by atoms with Crippen molar-refractivity contribution in [1.82, 2.24) is 9.29 Å². The second-order valence-electron chi connectivity index (χ2n) is 4.51. The molecular weight excluding hydrogens is 376 g/mol. The van der Waals surface area contributed by atoms with Gasteiger partial charge in [0.25, 0.3) is 0 Å². The van der Waals surface area contributed by atoms with E-state index in [0.29, 0.717) is 4.47 Å². The predicted molar refractivity (Wildman–Crippen MR) is 86.6 cm³/mol. The van der Waals surface area contributed by atoms with Gasteiger partial charge in [-0.25, -0.2) is 8.42 Å². The van der Waals surface area contributed by atoms with Gasteiger partial charge in [-0.2, -0.15) is 4.31 Å². The third-order valence-corrected chi connectivity index (χ3v) is 6.10. The third kappa shape index (κ3) is 3.83. The molecule has 2 aromatic rings. The fourth-order valence-corrected chi connectivity index (χ4v) is 4.12. The lowest BCUT2D eigenvalue weighted by Crippen LogP contribution is -2.27. The summed E-state index contributed by atoms with van der Waals surface area (Å²) in [6, 6.07) is 8.66. The van der Waals surface area contributed by atoms with E-state index in [1.54, 1.807) is 49.8 Å². The second-order valence-corrected chi connectivity index (χ2v) is 7.65. The summed E-state index contributed by atoms with van der Waals surface area (Å²) in [6.07, 6.45) is 3.28. The molecule has 0 saturated carbocycles. The van der Waals surface area contributed by atoms with Gasteiger partial charge in [0.1, 0.15) is 0 Å². The molecule has 0 radical (unpaired) electrons. The molecule has 0 N–H and O–H groups in total. The quantitative estimate of drug-likeness (QED) is 0.736. The van der Waals surface area contributed by atoms with E-state index in [0.717, 1.165) is 11.1 Å². The van der Waals surface area contributed by atoms with Gasteiger partial charge < -0.3 is 0 Å². The topological polar surface area (TPSA) is 50.3 Å². The summed E-state index contributed by atoms with van der Waals surface area (Å²) in [5, 5.41) is 0. The highest BCUT2D eigenvalue weighted by atomic mass is 79.9. The van der Waals surface area contributed by atoms with E-state index in [1.165, 1.54) is 4.31 Å². The maximum absolute atomic E-state index is 12.7. The number of hydrogen-bond donors (Lipinski definition) is 0. The number of sulfonamides is 1. The van der Waals surface area contributed by atoms with Gasteiger partial charge >= 0.3 is 0 Å². The lowest BCUT2D eigenvalue weighted by atomic mass is 10.2. The monoisotopic (exact) mass is 388 g/mol. The van der Waals surface area contributed by atoms with E-state index in [2.05, 4.69) is 20.9 Å². The zero-order valence-electron chi connectivity index (χ0n) is 11.3. The molecule has 1 heterocycles. The van der Waals surface area contributed by atoms with E-state index in [4.69, 9.17) is 11.6 Å². The molecule has 0 aliphatic carbocycles. The molecular formula is C14H14BrClN2O2S. The second kappa shape index (κ2) is 6.87. The average Bonchev–Trinajstić information content (AvgIpc) is 2.48. The Morgan fingerprint density at radius 1 is 1.19 bits per heavy atom. The van der Waals surface area contributed by atoms with Crippen molar-refractivity contribution in [3.8, 4) is 0 Å². The molecule has 0 aliphatic rings. The molecule has 0 aliphatic heterocycles. The first kappa shape index (κ1) is 16.4. The largest absolute Gasteiger partial charge is 0.265 e. The van der Waals surface area contributed by atoms with Crippen molar-refractivity contribution in [3.63, 3.8) is 0 Å². The Morgan fingerprint density at radius 2 is 1.86 bits per heavy atom. The Hall–Kier alpha value is -0.950. The molecule has 0 saturated heterocycles. The van der Waals surface area contributed by atoms with Crippen LogP contribution in [-0.2, 0) is 22.4 Å². The lowest BCUT2D eigenvalue weighted by Gasteiger charge is -2.18. The zero-order valence-corrected chi connectivity index (χ0v) is 14.5. The minimum absolute atomic E-state index is 0.220. The SMILES string of the molecule is CN(Cc1ccncc1)S(=O)(=O)c1cc(CCl)ccc1Br. The van der Waals surface area contributed by atoms with Gasteiger partial charge in [0.2, 0.25) is 10.0 Å². The van der Waals surface area contributed by atoms with E-state index >= 15 is 0 Å². The van der Waals surface area contributed by atoms with E-state index in [1.807, 2.05) is 0 Å². The van der Waals surface area contributed by atoms with E-state index in [-0.39, 0.29) is 17.3 Å². The maximum atomic E-state index is 12.7. The van der Waals surface area contributed by atoms with Crippen LogP contribution in [0.15, 0.2) is 52.1 Å². The number of pyridine rings is 1. The van der Waals surface area contributed by atoms with Crippen LogP contribution in [0.2, 0.25) is 0 Å². The molecule has 112 valence electrons. The Labute approximate surface area is 137 Å². The van der Waals surface area contributed by atoms with E-state index < -0.39 is 10.0 Å². The van der Waals surface area contributed by atoms with Gasteiger partial charge in [-0.3, -0.25) is 4.98 Å². The average molecular weight is 390 g/mol. The number of aromatic nitrogens is 1. The highest BCUT2D eigenvalue weighted by Crippen LogP contribution is 2.27. The normalized spacial score (nSPS) is 11.8. The molecule has 0 bridgehead atoms. The minimum Gasteiger partial charge on any atom is -0.265 e. The molecule has 4 nitrogen and oxygen atoms in total. The molecule has 0 fully saturated rings. The van der Waals surface area contributed by atoms with Crippen molar-refractivity contribution in [2.24, 2.45) is 0 Å². The predicted octanol–water partition coefficient (Wildman–Crippen LogP) is 3.40. The van der Waals surface area contributed by atoms with Gasteiger partial charge in [-0.1, -0.05) is 6.07 Å². The molecule has 1 aromatic carbocycles. The van der Waals surface area contributed by atoms with E-state index in [9.17, 15) is 8.42 Å².